The van der Waals surface area contributed by atoms with Gasteiger partial charge in [0.2, 0.25) is 15.9 Å². The van der Waals surface area contributed by atoms with E-state index < -0.39 is 40.2 Å². The second-order valence-electron chi connectivity index (χ2n) is 13.4. The Hall–Kier alpha value is -4.67. The number of halogens is 3. The first-order valence-electron chi connectivity index (χ1n) is 20.7. The van der Waals surface area contributed by atoms with Crippen molar-refractivity contribution in [2.24, 2.45) is 0 Å². The molecule has 1 saturated heterocycles. The Labute approximate surface area is 358 Å². The first kappa shape index (κ1) is 49.7. The third kappa shape index (κ3) is 15.4. The van der Waals surface area contributed by atoms with E-state index in [1.54, 1.807) is 4.90 Å². The predicted octanol–water partition coefficient (Wildman–Crippen LogP) is 9.68. The molecule has 1 aromatic heterocycles. The van der Waals surface area contributed by atoms with Crippen LogP contribution in [0.1, 0.15) is 84.9 Å². The first-order valence-corrected chi connectivity index (χ1v) is 23.0. The van der Waals surface area contributed by atoms with Gasteiger partial charge in [-0.2, -0.15) is 4.31 Å². The highest BCUT2D eigenvalue weighted by Gasteiger charge is 2.41. The molecular weight excluding hydrogens is 816 g/mol. The molecule has 330 valence electrons. The molecule has 2 aliphatic rings. The number of aromatic nitrogens is 1. The van der Waals surface area contributed by atoms with Crippen LogP contribution in [0, 0.1) is 0 Å². The van der Waals surface area contributed by atoms with Gasteiger partial charge in [-0.25, -0.2) is 18.2 Å². The topological polar surface area (TPSA) is 121 Å². The van der Waals surface area contributed by atoms with Crippen molar-refractivity contribution in [2.45, 2.75) is 104 Å². The Kier molecular flexibility index (Phi) is 20.9. The predicted molar refractivity (Wildman–Crippen MR) is 232 cm³/mol. The van der Waals surface area contributed by atoms with Crippen molar-refractivity contribution in [1.82, 2.24) is 19.5 Å². The number of rotatable bonds is 17. The zero-order chi connectivity index (χ0) is 44.1. The normalized spacial score (nSPS) is 15.6. The summed E-state index contributed by atoms with van der Waals surface area (Å²) in [5, 5.41) is 5.39. The number of likely N-dealkylation sites (N-methyl/N-ethyl adjacent to an activating group) is 1. The standard InChI is InChI=1S/C40H48F3N5O6S2.2C2H6/c1-3-5-7-11-30-14-10-15-31(17-16-30)26-44-37(49)36-27-47(24-25-48(36)56(51,52)35-20-18-34(19-21-35)54-40(41,42)43)38-45-33(29-55-38)22-23-46(4-2)39(50)53-28-32-12-8-6-9-13-32;2*1-2/h6,8-9,12-21,29,36H,3-5,7,10-11,22-28H2,1-2H3,(H,44,49);2*1-2H3/t36-;;/m1../s1. The molecule has 1 atom stereocenters. The summed E-state index contributed by atoms with van der Waals surface area (Å²) in [5.41, 5.74) is 3.73. The van der Waals surface area contributed by atoms with E-state index in [1.807, 2.05) is 87.4 Å². The molecule has 2 heterocycles. The number of allylic oxidation sites excluding steroid dienone is 4. The number of sulfonamides is 1. The molecule has 60 heavy (non-hydrogen) atoms. The minimum atomic E-state index is -4.94. The van der Waals surface area contributed by atoms with Gasteiger partial charge in [-0.15, -0.1) is 24.5 Å². The minimum Gasteiger partial charge on any atom is -0.445 e. The van der Waals surface area contributed by atoms with Crippen LogP contribution < -0.4 is 15.0 Å². The summed E-state index contributed by atoms with van der Waals surface area (Å²) in [6.07, 6.45) is 8.36. The number of anilines is 1. The van der Waals surface area contributed by atoms with Gasteiger partial charge < -0.3 is 24.6 Å². The number of alkyl halides is 3. The maximum atomic E-state index is 14.0. The summed E-state index contributed by atoms with van der Waals surface area (Å²) >= 11 is 1.35. The van der Waals surface area contributed by atoms with Crippen LogP contribution in [0.3, 0.4) is 0 Å². The van der Waals surface area contributed by atoms with Crippen LogP contribution >= 0.6 is 11.3 Å². The van der Waals surface area contributed by atoms with E-state index in [1.165, 1.54) is 16.9 Å². The third-order valence-electron chi connectivity index (χ3n) is 9.40. The molecule has 0 bridgehead atoms. The molecule has 1 aliphatic heterocycles. The van der Waals surface area contributed by atoms with Crippen molar-refractivity contribution in [2.75, 3.05) is 44.2 Å². The number of carbonyl (C=O) groups is 2. The lowest BCUT2D eigenvalue weighted by atomic mass is 10.1. The fourth-order valence-electron chi connectivity index (χ4n) is 6.30. The van der Waals surface area contributed by atoms with E-state index in [2.05, 4.69) is 29.1 Å². The molecular formula is C44H60F3N5O6S2. The van der Waals surface area contributed by atoms with Crippen LogP contribution in [0.25, 0.3) is 0 Å². The molecule has 3 aromatic rings. The molecule has 0 unspecified atom stereocenters. The Morgan fingerprint density at radius 1 is 0.933 bits per heavy atom. The summed E-state index contributed by atoms with van der Waals surface area (Å²) in [4.78, 5) is 34.7. The molecule has 16 heteroatoms. The maximum absolute atomic E-state index is 14.0. The number of piperazine rings is 1. The molecule has 2 aromatic carbocycles. The van der Waals surface area contributed by atoms with Crippen LogP contribution in [0.5, 0.6) is 5.75 Å². The van der Waals surface area contributed by atoms with E-state index in [0.717, 1.165) is 71.1 Å². The van der Waals surface area contributed by atoms with Crippen molar-refractivity contribution < 1.29 is 40.7 Å². The third-order valence-corrected chi connectivity index (χ3v) is 12.3. The zero-order valence-electron chi connectivity index (χ0n) is 35.5. The van der Waals surface area contributed by atoms with Crippen molar-refractivity contribution in [3.63, 3.8) is 0 Å². The number of carbonyl (C=O) groups excluding carboxylic acids is 2. The lowest BCUT2D eigenvalue weighted by Crippen LogP contribution is -2.60. The van der Waals surface area contributed by atoms with Gasteiger partial charge in [0.15, 0.2) is 5.13 Å². The zero-order valence-corrected chi connectivity index (χ0v) is 37.2. The van der Waals surface area contributed by atoms with Crippen LogP contribution in [-0.4, -0.2) is 86.3 Å². The van der Waals surface area contributed by atoms with Crippen LogP contribution in [-0.2, 0) is 32.6 Å². The van der Waals surface area contributed by atoms with E-state index in [4.69, 9.17) is 9.72 Å². The highest BCUT2D eigenvalue weighted by Crippen LogP contribution is 2.30. The molecule has 0 spiro atoms. The summed E-state index contributed by atoms with van der Waals surface area (Å²) in [7, 11) is -4.33. The highest BCUT2D eigenvalue weighted by atomic mass is 32.2. The molecule has 5 rings (SSSR count). The number of nitrogens with zero attached hydrogens (tertiary/aromatic N) is 4. The van der Waals surface area contributed by atoms with Crippen molar-refractivity contribution in [1.29, 1.82) is 0 Å². The van der Waals surface area contributed by atoms with E-state index in [-0.39, 0.29) is 37.7 Å². The lowest BCUT2D eigenvalue weighted by molar-refractivity contribution is -0.274. The first-order chi connectivity index (χ1) is 28.9. The van der Waals surface area contributed by atoms with Crippen LogP contribution in [0.2, 0.25) is 0 Å². The van der Waals surface area contributed by atoms with E-state index >= 15 is 0 Å². The smallest absolute Gasteiger partial charge is 0.445 e. The van der Waals surface area contributed by atoms with Gasteiger partial charge in [0.1, 0.15) is 18.4 Å². The molecule has 1 N–H and O–H groups in total. The second-order valence-corrected chi connectivity index (χ2v) is 16.1. The highest BCUT2D eigenvalue weighted by molar-refractivity contribution is 7.89. The van der Waals surface area contributed by atoms with Gasteiger partial charge >= 0.3 is 12.5 Å². The van der Waals surface area contributed by atoms with Crippen LogP contribution in [0.15, 0.2) is 100 Å². The van der Waals surface area contributed by atoms with E-state index in [9.17, 15) is 31.2 Å². The molecule has 0 saturated carbocycles. The number of hydrogen-bond donors (Lipinski definition) is 1. The minimum absolute atomic E-state index is 0.0157. The number of hydrogen-bond acceptors (Lipinski definition) is 9. The van der Waals surface area contributed by atoms with Crippen molar-refractivity contribution in [3.05, 3.63) is 107 Å². The number of benzene rings is 2. The Balaban J connectivity index is 0.00000233. The van der Waals surface area contributed by atoms with Gasteiger partial charge in [-0.1, -0.05) is 108 Å². The van der Waals surface area contributed by atoms with Gasteiger partial charge in [-0.05, 0) is 61.6 Å². The number of thiazole rings is 1. The Bertz CT molecular complexity index is 1970. The number of unbranched alkanes of at least 4 members (excludes halogenated alkanes) is 2. The van der Waals surface area contributed by atoms with Gasteiger partial charge in [-0.3, -0.25) is 4.79 Å². The summed E-state index contributed by atoms with van der Waals surface area (Å²) < 4.78 is 76.8. The monoisotopic (exact) mass is 875 g/mol. The van der Waals surface area contributed by atoms with Gasteiger partial charge in [0.05, 0.1) is 10.6 Å². The van der Waals surface area contributed by atoms with Crippen molar-refractivity contribution in [3.8, 4) is 5.75 Å². The maximum Gasteiger partial charge on any atom is 0.573 e. The molecule has 11 nitrogen and oxygen atoms in total. The molecule has 0 radical (unpaired) electrons. The largest absolute Gasteiger partial charge is 0.573 e. The average Bonchev–Trinajstić information content (AvgIpc) is 3.62. The van der Waals surface area contributed by atoms with Crippen LogP contribution in [0.4, 0.5) is 23.1 Å². The van der Waals surface area contributed by atoms with Crippen molar-refractivity contribution >= 4 is 38.5 Å². The fourth-order valence-corrected chi connectivity index (χ4v) is 8.77. The molecule has 1 fully saturated rings. The second kappa shape index (κ2) is 25.2. The summed E-state index contributed by atoms with van der Waals surface area (Å²) in [5.74, 6) is -1.08. The molecule has 2 amide bonds. The van der Waals surface area contributed by atoms with E-state index in [0.29, 0.717) is 31.1 Å². The summed E-state index contributed by atoms with van der Waals surface area (Å²) in [6, 6.07) is 12.2. The average molecular weight is 876 g/mol. The van der Waals surface area contributed by atoms with Gasteiger partial charge in [0, 0.05) is 51.1 Å². The van der Waals surface area contributed by atoms with Gasteiger partial charge in [0.25, 0.3) is 0 Å². The molecule has 1 aliphatic carbocycles. The number of nitrogens with one attached hydrogen (secondary N) is 1. The quantitative estimate of drug-likeness (QED) is 0.133. The summed E-state index contributed by atoms with van der Waals surface area (Å²) in [6.45, 7) is 13.3. The fraction of sp³-hybridized carbons (Fsp3) is 0.477. The Morgan fingerprint density at radius 3 is 2.28 bits per heavy atom. The SMILES string of the molecule is CC.CC.CCCCCC1=CCC=C(CNC(=O)[C@H]2CN(c3nc(CCN(CC)C(=O)OCc4ccccc4)cs3)CCN2S(=O)(=O)c2ccc(OC(F)(F)F)cc2)C=C1. The Morgan fingerprint density at radius 2 is 1.62 bits per heavy atom. The number of amides is 2. The lowest BCUT2D eigenvalue weighted by Gasteiger charge is -2.39. The number of ether oxygens (including phenoxy) is 2.